The van der Waals surface area contributed by atoms with E-state index >= 15 is 0 Å². The summed E-state index contributed by atoms with van der Waals surface area (Å²) >= 11 is 3.53. The minimum Gasteiger partial charge on any atom is -0.378 e. The van der Waals surface area contributed by atoms with Crippen LogP contribution in [-0.2, 0) is 9.47 Å². The third-order valence-electron chi connectivity index (χ3n) is 2.28. The topological polar surface area (TPSA) is 18.5 Å². The number of hydrogen-bond acceptors (Lipinski definition) is 2. The minimum atomic E-state index is 0.266. The highest BCUT2D eigenvalue weighted by atomic mass is 79.9. The van der Waals surface area contributed by atoms with Crippen molar-refractivity contribution in [3.05, 3.63) is 0 Å². The van der Waals surface area contributed by atoms with Crippen LogP contribution in [0.4, 0.5) is 0 Å². The second-order valence-electron chi connectivity index (χ2n) is 3.21. The van der Waals surface area contributed by atoms with Crippen molar-refractivity contribution in [2.24, 2.45) is 0 Å². The van der Waals surface area contributed by atoms with Crippen molar-refractivity contribution in [3.8, 4) is 0 Å². The van der Waals surface area contributed by atoms with Crippen molar-refractivity contribution < 1.29 is 9.47 Å². The maximum absolute atomic E-state index is 5.64. The molecule has 0 aromatic carbocycles. The van der Waals surface area contributed by atoms with Gasteiger partial charge in [-0.2, -0.15) is 0 Å². The molecule has 72 valence electrons. The molecule has 0 aromatic heterocycles. The predicted octanol–water partition coefficient (Wildman–Crippen LogP) is 2.35. The van der Waals surface area contributed by atoms with E-state index in [4.69, 9.17) is 9.47 Å². The first-order valence-corrected chi connectivity index (χ1v) is 5.49. The average Bonchev–Trinajstić information content (AvgIpc) is 2.04. The third-order valence-corrected chi connectivity index (χ3v) is 3.18. The molecule has 0 bridgehead atoms. The van der Waals surface area contributed by atoms with Crippen molar-refractivity contribution in [1.29, 1.82) is 0 Å². The molecular formula is C9H17BrO2. The minimum absolute atomic E-state index is 0.266. The molecule has 0 heterocycles. The van der Waals surface area contributed by atoms with Gasteiger partial charge in [0.05, 0.1) is 12.2 Å². The van der Waals surface area contributed by atoms with Crippen LogP contribution in [0.3, 0.4) is 0 Å². The summed E-state index contributed by atoms with van der Waals surface area (Å²) in [6.07, 6.45) is 4.03. The van der Waals surface area contributed by atoms with Crippen LogP contribution in [0, 0.1) is 0 Å². The zero-order valence-corrected chi connectivity index (χ0v) is 9.34. The molecule has 0 aromatic rings. The summed E-state index contributed by atoms with van der Waals surface area (Å²) in [5.74, 6) is 0. The van der Waals surface area contributed by atoms with Gasteiger partial charge in [-0.05, 0) is 12.8 Å². The molecule has 12 heavy (non-hydrogen) atoms. The smallest absolute Gasteiger partial charge is 0.0958 e. The van der Waals surface area contributed by atoms with Gasteiger partial charge in [0.2, 0.25) is 0 Å². The SMILES string of the molecule is CCCCOC1CC(Br)C1OC. The number of rotatable bonds is 5. The highest BCUT2D eigenvalue weighted by Crippen LogP contribution is 2.32. The Bertz CT molecular complexity index is 130. The fourth-order valence-corrected chi connectivity index (χ4v) is 2.29. The van der Waals surface area contributed by atoms with Crippen LogP contribution in [-0.4, -0.2) is 30.8 Å². The summed E-state index contributed by atoms with van der Waals surface area (Å²) in [4.78, 5) is 0.495. The lowest BCUT2D eigenvalue weighted by molar-refractivity contribution is -0.107. The van der Waals surface area contributed by atoms with E-state index in [0.29, 0.717) is 10.9 Å². The summed E-state index contributed by atoms with van der Waals surface area (Å²) < 4.78 is 10.9. The number of hydrogen-bond donors (Lipinski definition) is 0. The molecule has 1 aliphatic carbocycles. The van der Waals surface area contributed by atoms with E-state index in [9.17, 15) is 0 Å². The maximum atomic E-state index is 5.64. The Hall–Kier alpha value is 0.400. The molecule has 0 aliphatic heterocycles. The van der Waals surface area contributed by atoms with Gasteiger partial charge in [-0.1, -0.05) is 29.3 Å². The Balaban J connectivity index is 2.09. The summed E-state index contributed by atoms with van der Waals surface area (Å²) in [6, 6.07) is 0. The van der Waals surface area contributed by atoms with Crippen LogP contribution in [0.2, 0.25) is 0 Å². The van der Waals surface area contributed by atoms with E-state index in [2.05, 4.69) is 22.9 Å². The third kappa shape index (κ3) is 2.44. The number of methoxy groups -OCH3 is 1. The van der Waals surface area contributed by atoms with Gasteiger partial charge in [0.25, 0.3) is 0 Å². The van der Waals surface area contributed by atoms with E-state index in [0.717, 1.165) is 19.4 Å². The van der Waals surface area contributed by atoms with E-state index in [1.54, 1.807) is 7.11 Å². The molecule has 1 rings (SSSR count). The van der Waals surface area contributed by atoms with Crippen molar-refractivity contribution in [3.63, 3.8) is 0 Å². The molecule has 3 atom stereocenters. The molecule has 0 radical (unpaired) electrons. The van der Waals surface area contributed by atoms with Crippen LogP contribution in [0.25, 0.3) is 0 Å². The number of halogens is 1. The largest absolute Gasteiger partial charge is 0.378 e. The Morgan fingerprint density at radius 1 is 1.50 bits per heavy atom. The summed E-state index contributed by atoms with van der Waals surface area (Å²) in [6.45, 7) is 3.05. The average molecular weight is 237 g/mol. The summed E-state index contributed by atoms with van der Waals surface area (Å²) in [5, 5.41) is 0. The zero-order chi connectivity index (χ0) is 8.97. The molecule has 1 aliphatic rings. The van der Waals surface area contributed by atoms with Crippen LogP contribution in [0.15, 0.2) is 0 Å². The summed E-state index contributed by atoms with van der Waals surface area (Å²) in [7, 11) is 1.74. The van der Waals surface area contributed by atoms with Gasteiger partial charge in [-0.15, -0.1) is 0 Å². The summed E-state index contributed by atoms with van der Waals surface area (Å²) in [5.41, 5.74) is 0. The Kier molecular flexibility index (Phi) is 4.54. The van der Waals surface area contributed by atoms with E-state index in [1.807, 2.05) is 0 Å². The fraction of sp³-hybridized carbons (Fsp3) is 1.00. The van der Waals surface area contributed by atoms with Crippen LogP contribution in [0.1, 0.15) is 26.2 Å². The molecular weight excluding hydrogens is 220 g/mol. The van der Waals surface area contributed by atoms with Crippen molar-refractivity contribution in [1.82, 2.24) is 0 Å². The Morgan fingerprint density at radius 3 is 2.75 bits per heavy atom. The molecule has 0 spiro atoms. The van der Waals surface area contributed by atoms with Gasteiger partial charge in [0.15, 0.2) is 0 Å². The number of alkyl halides is 1. The van der Waals surface area contributed by atoms with Gasteiger partial charge in [-0.25, -0.2) is 0 Å². The highest BCUT2D eigenvalue weighted by molar-refractivity contribution is 9.09. The fourth-order valence-electron chi connectivity index (χ4n) is 1.37. The zero-order valence-electron chi connectivity index (χ0n) is 7.75. The first-order chi connectivity index (χ1) is 5.79. The van der Waals surface area contributed by atoms with Gasteiger partial charge >= 0.3 is 0 Å². The van der Waals surface area contributed by atoms with Crippen molar-refractivity contribution in [2.75, 3.05) is 13.7 Å². The first-order valence-electron chi connectivity index (χ1n) is 4.58. The normalized spacial score (nSPS) is 34.8. The maximum Gasteiger partial charge on any atom is 0.0958 e. The van der Waals surface area contributed by atoms with E-state index in [1.165, 1.54) is 6.42 Å². The Labute approximate surface area is 82.7 Å². The van der Waals surface area contributed by atoms with Gasteiger partial charge < -0.3 is 9.47 Å². The van der Waals surface area contributed by atoms with Gasteiger partial charge in [0.1, 0.15) is 0 Å². The van der Waals surface area contributed by atoms with Gasteiger partial charge in [0, 0.05) is 18.5 Å². The van der Waals surface area contributed by atoms with E-state index < -0.39 is 0 Å². The van der Waals surface area contributed by atoms with Gasteiger partial charge in [-0.3, -0.25) is 0 Å². The molecule has 1 fully saturated rings. The lowest BCUT2D eigenvalue weighted by atomic mass is 9.91. The number of ether oxygens (including phenoxy) is 2. The molecule has 0 amide bonds. The second-order valence-corrected chi connectivity index (χ2v) is 4.39. The number of unbranched alkanes of at least 4 members (excludes halogenated alkanes) is 1. The second kappa shape index (κ2) is 5.20. The molecule has 3 heteroatoms. The quantitative estimate of drug-likeness (QED) is 0.539. The van der Waals surface area contributed by atoms with Crippen molar-refractivity contribution in [2.45, 2.75) is 43.2 Å². The van der Waals surface area contributed by atoms with Crippen LogP contribution < -0.4 is 0 Å². The highest BCUT2D eigenvalue weighted by Gasteiger charge is 2.40. The first kappa shape index (κ1) is 10.5. The van der Waals surface area contributed by atoms with Crippen molar-refractivity contribution >= 4 is 15.9 Å². The standard InChI is InChI=1S/C9H17BrO2/c1-3-4-5-12-8-6-7(10)9(8)11-2/h7-9H,3-6H2,1-2H3. The predicted molar refractivity (Wildman–Crippen MR) is 52.8 cm³/mol. The molecule has 2 nitrogen and oxygen atoms in total. The molecule has 3 unspecified atom stereocenters. The molecule has 0 saturated heterocycles. The molecule has 0 N–H and O–H groups in total. The lowest BCUT2D eigenvalue weighted by Gasteiger charge is -2.40. The Morgan fingerprint density at radius 2 is 2.25 bits per heavy atom. The monoisotopic (exact) mass is 236 g/mol. The van der Waals surface area contributed by atoms with Crippen LogP contribution in [0.5, 0.6) is 0 Å². The molecule has 1 saturated carbocycles. The van der Waals surface area contributed by atoms with Crippen LogP contribution >= 0.6 is 15.9 Å². The van der Waals surface area contributed by atoms with E-state index in [-0.39, 0.29) is 6.10 Å². The lowest BCUT2D eigenvalue weighted by Crippen LogP contribution is -2.50.